The number of esters is 1. The van der Waals surface area contributed by atoms with Gasteiger partial charge in [-0.3, -0.25) is 4.79 Å². The Morgan fingerprint density at radius 2 is 1.86 bits per heavy atom. The van der Waals surface area contributed by atoms with E-state index in [9.17, 15) is 4.79 Å². The standard InChI is InChI=1S/C18H28O2Si/c1-7-15(13-17(19)20-4)18(14(2)3)21(5,6)16-11-9-8-10-12-16/h7-12,14-15,18H,1,13H2,2-6H3/t15-,18-/m0/s1. The topological polar surface area (TPSA) is 26.3 Å². The van der Waals surface area contributed by atoms with E-state index < -0.39 is 8.07 Å². The molecule has 0 fully saturated rings. The van der Waals surface area contributed by atoms with E-state index in [4.69, 9.17) is 4.74 Å². The van der Waals surface area contributed by atoms with Crippen LogP contribution in [0, 0.1) is 11.8 Å². The molecule has 0 aliphatic rings. The Morgan fingerprint density at radius 3 is 2.29 bits per heavy atom. The largest absolute Gasteiger partial charge is 0.469 e. The molecule has 0 spiro atoms. The Balaban J connectivity index is 3.15. The molecule has 1 aromatic carbocycles. The summed E-state index contributed by atoms with van der Waals surface area (Å²) in [5.74, 6) is 0.516. The smallest absolute Gasteiger partial charge is 0.306 e. The lowest BCUT2D eigenvalue weighted by Gasteiger charge is -2.40. The molecule has 0 aliphatic carbocycles. The number of benzene rings is 1. The summed E-state index contributed by atoms with van der Waals surface area (Å²) in [5, 5.41) is 1.43. The number of carbonyl (C=O) groups excluding carboxylic acids is 1. The molecular formula is C18H28O2Si. The molecular weight excluding hydrogens is 276 g/mol. The fourth-order valence-electron chi connectivity index (χ4n) is 3.56. The van der Waals surface area contributed by atoms with Crippen molar-refractivity contribution in [2.75, 3.05) is 7.11 Å². The first kappa shape index (κ1) is 17.7. The Kier molecular flexibility index (Phi) is 6.40. The van der Waals surface area contributed by atoms with Crippen LogP contribution in [0.2, 0.25) is 18.6 Å². The Labute approximate surface area is 130 Å². The molecule has 0 saturated carbocycles. The highest BCUT2D eigenvalue weighted by atomic mass is 28.3. The third kappa shape index (κ3) is 4.30. The zero-order valence-electron chi connectivity index (χ0n) is 13.9. The summed E-state index contributed by atoms with van der Waals surface area (Å²) in [6, 6.07) is 10.7. The average molecular weight is 305 g/mol. The molecule has 0 bridgehead atoms. The molecule has 0 radical (unpaired) electrons. The summed E-state index contributed by atoms with van der Waals surface area (Å²) in [5.41, 5.74) is 0.455. The molecule has 0 aliphatic heterocycles. The van der Waals surface area contributed by atoms with Crippen molar-refractivity contribution < 1.29 is 9.53 Å². The molecule has 1 aromatic rings. The van der Waals surface area contributed by atoms with Gasteiger partial charge in [0.15, 0.2) is 0 Å². The number of rotatable bonds is 7. The predicted octanol–water partition coefficient (Wildman–Crippen LogP) is 3.99. The molecule has 3 heteroatoms. The summed E-state index contributed by atoms with van der Waals surface area (Å²) < 4.78 is 4.86. The molecule has 0 aromatic heterocycles. The van der Waals surface area contributed by atoms with E-state index in [0.717, 1.165) is 0 Å². The molecule has 116 valence electrons. The van der Waals surface area contributed by atoms with Crippen LogP contribution < -0.4 is 5.19 Å². The third-order valence-corrected chi connectivity index (χ3v) is 9.05. The maximum atomic E-state index is 11.7. The van der Waals surface area contributed by atoms with E-state index in [1.54, 1.807) is 0 Å². The number of carbonyl (C=O) groups is 1. The van der Waals surface area contributed by atoms with Crippen molar-refractivity contribution in [2.45, 2.75) is 38.9 Å². The normalized spacial score (nSPS) is 14.6. The lowest BCUT2D eigenvalue weighted by molar-refractivity contribution is -0.141. The van der Waals surface area contributed by atoms with Crippen molar-refractivity contribution >= 4 is 19.2 Å². The van der Waals surface area contributed by atoms with Gasteiger partial charge < -0.3 is 4.74 Å². The van der Waals surface area contributed by atoms with Crippen LogP contribution in [0.1, 0.15) is 20.3 Å². The van der Waals surface area contributed by atoms with Gasteiger partial charge in [0.05, 0.1) is 21.6 Å². The summed E-state index contributed by atoms with van der Waals surface area (Å²) in [4.78, 5) is 11.7. The van der Waals surface area contributed by atoms with Crippen LogP contribution in [0.15, 0.2) is 43.0 Å². The van der Waals surface area contributed by atoms with E-state index in [-0.39, 0.29) is 11.9 Å². The number of allylic oxidation sites excluding steroid dienone is 1. The first-order valence-electron chi connectivity index (χ1n) is 7.59. The van der Waals surface area contributed by atoms with Crippen LogP contribution >= 0.6 is 0 Å². The summed E-state index contributed by atoms with van der Waals surface area (Å²) in [6.07, 6.45) is 2.37. The fraction of sp³-hybridized carbons (Fsp3) is 0.500. The average Bonchev–Trinajstić information content (AvgIpc) is 2.46. The third-order valence-electron chi connectivity index (χ3n) is 4.46. The van der Waals surface area contributed by atoms with Gasteiger partial charge in [-0.05, 0) is 17.4 Å². The minimum atomic E-state index is -1.71. The van der Waals surface area contributed by atoms with Gasteiger partial charge in [0.1, 0.15) is 0 Å². The lowest BCUT2D eigenvalue weighted by Crippen LogP contribution is -2.50. The van der Waals surface area contributed by atoms with Gasteiger partial charge in [-0.15, -0.1) is 6.58 Å². The van der Waals surface area contributed by atoms with Crippen molar-refractivity contribution in [3.05, 3.63) is 43.0 Å². The van der Waals surface area contributed by atoms with E-state index in [1.165, 1.54) is 12.3 Å². The second-order valence-corrected chi connectivity index (χ2v) is 11.2. The van der Waals surface area contributed by atoms with Crippen molar-refractivity contribution in [3.8, 4) is 0 Å². The van der Waals surface area contributed by atoms with Crippen LogP contribution in [-0.4, -0.2) is 21.2 Å². The Bertz CT molecular complexity index is 465. The highest BCUT2D eigenvalue weighted by molar-refractivity contribution is 6.91. The van der Waals surface area contributed by atoms with E-state index in [2.05, 4.69) is 63.9 Å². The maximum absolute atomic E-state index is 11.7. The highest BCUT2D eigenvalue weighted by Gasteiger charge is 2.40. The molecule has 0 N–H and O–H groups in total. The van der Waals surface area contributed by atoms with E-state index in [1.807, 2.05) is 6.08 Å². The molecule has 2 nitrogen and oxygen atoms in total. The van der Waals surface area contributed by atoms with Crippen LogP contribution in [0.25, 0.3) is 0 Å². The van der Waals surface area contributed by atoms with Gasteiger partial charge in [0, 0.05) is 0 Å². The minimum Gasteiger partial charge on any atom is -0.469 e. The summed E-state index contributed by atoms with van der Waals surface area (Å²) in [7, 11) is -0.264. The van der Waals surface area contributed by atoms with Gasteiger partial charge in [-0.2, -0.15) is 0 Å². The summed E-state index contributed by atoms with van der Waals surface area (Å²) in [6.45, 7) is 13.2. The van der Waals surface area contributed by atoms with Crippen molar-refractivity contribution in [3.63, 3.8) is 0 Å². The predicted molar refractivity (Wildman–Crippen MR) is 92.5 cm³/mol. The van der Waals surface area contributed by atoms with E-state index in [0.29, 0.717) is 17.9 Å². The van der Waals surface area contributed by atoms with Gasteiger partial charge in [0.25, 0.3) is 0 Å². The van der Waals surface area contributed by atoms with Crippen LogP contribution in [0.3, 0.4) is 0 Å². The second-order valence-electron chi connectivity index (χ2n) is 6.54. The summed E-state index contributed by atoms with van der Waals surface area (Å²) >= 11 is 0. The zero-order chi connectivity index (χ0) is 16.0. The van der Waals surface area contributed by atoms with Crippen molar-refractivity contribution in [1.82, 2.24) is 0 Å². The number of ether oxygens (including phenoxy) is 1. The molecule has 0 heterocycles. The molecule has 0 saturated heterocycles. The quantitative estimate of drug-likeness (QED) is 0.432. The monoisotopic (exact) mass is 304 g/mol. The fourth-order valence-corrected chi connectivity index (χ4v) is 7.98. The molecule has 21 heavy (non-hydrogen) atoms. The van der Waals surface area contributed by atoms with E-state index >= 15 is 0 Å². The lowest BCUT2D eigenvalue weighted by atomic mass is 9.93. The molecule has 0 unspecified atom stereocenters. The van der Waals surface area contributed by atoms with Crippen molar-refractivity contribution in [1.29, 1.82) is 0 Å². The Hall–Kier alpha value is -1.35. The number of methoxy groups -OCH3 is 1. The van der Waals surface area contributed by atoms with Gasteiger partial charge >= 0.3 is 5.97 Å². The van der Waals surface area contributed by atoms with Crippen LogP contribution in [0.5, 0.6) is 0 Å². The first-order chi connectivity index (χ1) is 9.84. The molecule has 0 amide bonds. The maximum Gasteiger partial charge on any atom is 0.306 e. The van der Waals surface area contributed by atoms with Gasteiger partial charge in [-0.25, -0.2) is 0 Å². The zero-order valence-corrected chi connectivity index (χ0v) is 14.9. The van der Waals surface area contributed by atoms with Gasteiger partial charge in [-0.1, -0.05) is 68.5 Å². The number of hydrogen-bond donors (Lipinski definition) is 0. The van der Waals surface area contributed by atoms with Crippen LogP contribution in [-0.2, 0) is 9.53 Å². The molecule has 2 atom stereocenters. The van der Waals surface area contributed by atoms with Crippen LogP contribution in [0.4, 0.5) is 0 Å². The van der Waals surface area contributed by atoms with Crippen molar-refractivity contribution in [2.24, 2.45) is 11.8 Å². The minimum absolute atomic E-state index is 0.150. The highest BCUT2D eigenvalue weighted by Crippen LogP contribution is 2.39. The number of hydrogen-bond acceptors (Lipinski definition) is 2. The van der Waals surface area contributed by atoms with Gasteiger partial charge in [0.2, 0.25) is 0 Å². The Morgan fingerprint density at radius 1 is 1.29 bits per heavy atom. The molecule has 1 rings (SSSR count). The first-order valence-corrected chi connectivity index (χ1v) is 10.7. The second kappa shape index (κ2) is 7.60. The SMILES string of the molecule is C=C[C@@H](CC(=O)OC)[C@H](C(C)C)[Si](C)(C)c1ccccc1.